The van der Waals surface area contributed by atoms with Gasteiger partial charge in [-0.2, -0.15) is 0 Å². The van der Waals surface area contributed by atoms with Crippen molar-refractivity contribution < 1.29 is 4.74 Å². The van der Waals surface area contributed by atoms with E-state index < -0.39 is 0 Å². The van der Waals surface area contributed by atoms with Crippen LogP contribution in [0.2, 0.25) is 0 Å². The summed E-state index contributed by atoms with van der Waals surface area (Å²) in [5.74, 6) is 2.50. The first-order valence-corrected chi connectivity index (χ1v) is 10.6. The van der Waals surface area contributed by atoms with Crippen molar-refractivity contribution >= 4 is 11.8 Å². The molecule has 3 rings (SSSR count). The molecule has 0 amide bonds. The summed E-state index contributed by atoms with van der Waals surface area (Å²) in [6.45, 7) is 12.1. The Labute approximate surface area is 169 Å². The van der Waals surface area contributed by atoms with Crippen LogP contribution >= 0.6 is 0 Å². The van der Waals surface area contributed by atoms with Crippen LogP contribution in [0.4, 0.5) is 5.82 Å². The smallest absolute Gasteiger partial charge is 0.191 e. The Balaban J connectivity index is 1.47. The highest BCUT2D eigenvalue weighted by molar-refractivity contribution is 5.79. The van der Waals surface area contributed by atoms with Crippen LogP contribution in [0.15, 0.2) is 23.3 Å². The lowest BCUT2D eigenvalue weighted by atomic mass is 10.0. The summed E-state index contributed by atoms with van der Waals surface area (Å²) in [5, 5.41) is 6.92. The molecule has 0 radical (unpaired) electrons. The Hall–Kier alpha value is -1.86. The molecule has 7 heteroatoms. The van der Waals surface area contributed by atoms with Crippen LogP contribution in [0.5, 0.6) is 0 Å². The number of rotatable bonds is 7. The molecular formula is C21H36N6O. The van der Waals surface area contributed by atoms with E-state index in [1.54, 1.807) is 0 Å². The van der Waals surface area contributed by atoms with Gasteiger partial charge < -0.3 is 20.3 Å². The number of aliphatic imine (C=N–C) groups is 1. The molecule has 0 aromatic carbocycles. The van der Waals surface area contributed by atoms with Crippen molar-refractivity contribution in [3.05, 3.63) is 23.9 Å². The molecule has 0 saturated carbocycles. The Bertz CT molecular complexity index is 606. The van der Waals surface area contributed by atoms with Gasteiger partial charge in [-0.3, -0.25) is 9.89 Å². The van der Waals surface area contributed by atoms with Gasteiger partial charge in [0.1, 0.15) is 5.82 Å². The molecular weight excluding hydrogens is 352 g/mol. The first-order chi connectivity index (χ1) is 13.7. The standard InChI is InChI=1S/C21H36N6O/c1-17(2)19(26-10-12-28-13-11-26)16-25-21(22-3)24-15-18-6-7-20(23-14-18)27-8-4-5-9-27/h6-7,14,17,19H,4-5,8-13,15-16H2,1-3H3,(H2,22,24,25). The van der Waals surface area contributed by atoms with Crippen molar-refractivity contribution in [2.24, 2.45) is 10.9 Å². The van der Waals surface area contributed by atoms with Crippen LogP contribution in [0.3, 0.4) is 0 Å². The number of ether oxygens (including phenoxy) is 1. The van der Waals surface area contributed by atoms with E-state index in [4.69, 9.17) is 4.74 Å². The fraction of sp³-hybridized carbons (Fsp3) is 0.714. The number of guanidine groups is 1. The molecule has 7 nitrogen and oxygen atoms in total. The van der Waals surface area contributed by atoms with Gasteiger partial charge in [-0.1, -0.05) is 19.9 Å². The molecule has 1 atom stereocenters. The van der Waals surface area contributed by atoms with Gasteiger partial charge in [0.2, 0.25) is 0 Å². The molecule has 2 saturated heterocycles. The van der Waals surface area contributed by atoms with E-state index >= 15 is 0 Å². The van der Waals surface area contributed by atoms with Gasteiger partial charge >= 0.3 is 0 Å². The molecule has 1 aromatic heterocycles. The van der Waals surface area contributed by atoms with E-state index in [0.29, 0.717) is 12.0 Å². The zero-order chi connectivity index (χ0) is 19.8. The molecule has 0 aliphatic carbocycles. The highest BCUT2D eigenvalue weighted by Crippen LogP contribution is 2.17. The number of morpholine rings is 1. The maximum atomic E-state index is 5.50. The van der Waals surface area contributed by atoms with Gasteiger partial charge in [-0.05, 0) is 30.4 Å². The summed E-state index contributed by atoms with van der Waals surface area (Å²) in [5.41, 5.74) is 1.17. The lowest BCUT2D eigenvalue weighted by molar-refractivity contribution is 0.00752. The van der Waals surface area contributed by atoms with Crippen molar-refractivity contribution in [1.29, 1.82) is 0 Å². The normalized spacial score (nSPS) is 19.9. The first-order valence-electron chi connectivity index (χ1n) is 10.6. The second-order valence-electron chi connectivity index (χ2n) is 7.99. The Morgan fingerprint density at radius 3 is 2.50 bits per heavy atom. The topological polar surface area (TPSA) is 65.0 Å². The molecule has 2 N–H and O–H groups in total. The molecule has 1 unspecified atom stereocenters. The highest BCUT2D eigenvalue weighted by atomic mass is 16.5. The fourth-order valence-corrected chi connectivity index (χ4v) is 3.96. The maximum Gasteiger partial charge on any atom is 0.191 e. The first kappa shape index (κ1) is 20.9. The largest absolute Gasteiger partial charge is 0.379 e. The summed E-state index contributed by atoms with van der Waals surface area (Å²) in [6.07, 6.45) is 4.52. The van der Waals surface area contributed by atoms with Crippen molar-refractivity contribution in [3.63, 3.8) is 0 Å². The highest BCUT2D eigenvalue weighted by Gasteiger charge is 2.23. The Kier molecular flexibility index (Phi) is 7.91. The number of nitrogens with zero attached hydrogens (tertiary/aromatic N) is 4. The SMILES string of the molecule is CN=C(NCc1ccc(N2CCCC2)nc1)NCC(C(C)C)N1CCOCC1. The summed E-state index contributed by atoms with van der Waals surface area (Å²) in [4.78, 5) is 13.9. The lowest BCUT2D eigenvalue weighted by Crippen LogP contribution is -2.52. The third-order valence-corrected chi connectivity index (χ3v) is 5.69. The third kappa shape index (κ3) is 5.82. The Morgan fingerprint density at radius 2 is 1.89 bits per heavy atom. The molecule has 1 aromatic rings. The number of pyridine rings is 1. The van der Waals surface area contributed by atoms with Crippen LogP contribution < -0.4 is 15.5 Å². The van der Waals surface area contributed by atoms with Crippen LogP contribution in [0, 0.1) is 5.92 Å². The minimum Gasteiger partial charge on any atom is -0.379 e. The van der Waals surface area contributed by atoms with E-state index in [0.717, 1.165) is 64.3 Å². The van der Waals surface area contributed by atoms with Crippen molar-refractivity contribution in [1.82, 2.24) is 20.5 Å². The number of hydrogen-bond donors (Lipinski definition) is 2. The molecule has 0 bridgehead atoms. The summed E-state index contributed by atoms with van der Waals surface area (Å²) in [6, 6.07) is 4.76. The predicted octanol–water partition coefficient (Wildman–Crippen LogP) is 1.70. The minimum absolute atomic E-state index is 0.476. The van der Waals surface area contributed by atoms with Crippen molar-refractivity contribution in [3.8, 4) is 0 Å². The zero-order valence-electron chi connectivity index (χ0n) is 17.7. The summed E-state index contributed by atoms with van der Waals surface area (Å²) >= 11 is 0. The molecule has 2 aliphatic heterocycles. The van der Waals surface area contributed by atoms with Crippen LogP contribution in [-0.4, -0.2) is 74.9 Å². The van der Waals surface area contributed by atoms with E-state index in [-0.39, 0.29) is 0 Å². The van der Waals surface area contributed by atoms with E-state index in [1.807, 2.05) is 13.2 Å². The maximum absolute atomic E-state index is 5.50. The fourth-order valence-electron chi connectivity index (χ4n) is 3.96. The van der Waals surface area contributed by atoms with E-state index in [2.05, 4.69) is 56.4 Å². The molecule has 28 heavy (non-hydrogen) atoms. The second kappa shape index (κ2) is 10.6. The molecule has 3 heterocycles. The van der Waals surface area contributed by atoms with Crippen LogP contribution in [0.25, 0.3) is 0 Å². The van der Waals surface area contributed by atoms with E-state index in [9.17, 15) is 0 Å². The summed E-state index contributed by atoms with van der Waals surface area (Å²) < 4.78 is 5.50. The van der Waals surface area contributed by atoms with Crippen molar-refractivity contribution in [2.75, 3.05) is 57.9 Å². The third-order valence-electron chi connectivity index (χ3n) is 5.69. The van der Waals surface area contributed by atoms with Crippen LogP contribution in [-0.2, 0) is 11.3 Å². The van der Waals surface area contributed by atoms with Gasteiger partial charge in [0.15, 0.2) is 5.96 Å². The quantitative estimate of drug-likeness (QED) is 0.548. The molecule has 2 aliphatic rings. The lowest BCUT2D eigenvalue weighted by Gasteiger charge is -2.37. The predicted molar refractivity (Wildman–Crippen MR) is 115 cm³/mol. The number of hydrogen-bond acceptors (Lipinski definition) is 5. The van der Waals surface area contributed by atoms with Gasteiger partial charge in [-0.25, -0.2) is 4.98 Å². The van der Waals surface area contributed by atoms with Gasteiger partial charge in [0, 0.05) is 58.6 Å². The van der Waals surface area contributed by atoms with E-state index in [1.165, 1.54) is 18.4 Å². The summed E-state index contributed by atoms with van der Waals surface area (Å²) in [7, 11) is 1.82. The van der Waals surface area contributed by atoms with Gasteiger partial charge in [0.05, 0.1) is 13.2 Å². The number of nitrogens with one attached hydrogen (secondary N) is 2. The molecule has 2 fully saturated rings. The van der Waals surface area contributed by atoms with Crippen LogP contribution in [0.1, 0.15) is 32.3 Å². The average Bonchev–Trinajstić information content (AvgIpc) is 3.26. The average molecular weight is 389 g/mol. The van der Waals surface area contributed by atoms with Gasteiger partial charge in [0.25, 0.3) is 0 Å². The molecule has 156 valence electrons. The van der Waals surface area contributed by atoms with Crippen molar-refractivity contribution in [2.45, 2.75) is 39.3 Å². The number of aromatic nitrogens is 1. The Morgan fingerprint density at radius 1 is 1.14 bits per heavy atom. The number of anilines is 1. The second-order valence-corrected chi connectivity index (χ2v) is 7.99. The zero-order valence-corrected chi connectivity index (χ0v) is 17.7. The van der Waals surface area contributed by atoms with Gasteiger partial charge in [-0.15, -0.1) is 0 Å². The molecule has 0 spiro atoms. The minimum atomic E-state index is 0.476. The monoisotopic (exact) mass is 388 g/mol.